The third-order valence-corrected chi connectivity index (χ3v) is 2.98. The smallest absolute Gasteiger partial charge is 0.164 e. The number of hydrogen-bond acceptors (Lipinski definition) is 3. The highest BCUT2D eigenvalue weighted by Gasteiger charge is 2.54. The molecule has 0 bridgehead atoms. The maximum Gasteiger partial charge on any atom is 0.164 e. The summed E-state index contributed by atoms with van der Waals surface area (Å²) in [5.41, 5.74) is 0. The molecule has 0 aromatic rings. The minimum Gasteiger partial charge on any atom is -0.369 e. The van der Waals surface area contributed by atoms with Gasteiger partial charge in [-0.1, -0.05) is 13.8 Å². The van der Waals surface area contributed by atoms with E-state index < -0.39 is 5.79 Å². The van der Waals surface area contributed by atoms with E-state index >= 15 is 0 Å². The topological polar surface area (TPSA) is 27.7 Å². The van der Waals surface area contributed by atoms with Crippen molar-refractivity contribution >= 4 is 0 Å². The van der Waals surface area contributed by atoms with E-state index in [0.29, 0.717) is 5.92 Å². The lowest BCUT2D eigenvalue weighted by Crippen LogP contribution is -2.33. The molecule has 82 valence electrons. The highest BCUT2D eigenvalue weighted by Crippen LogP contribution is 2.40. The van der Waals surface area contributed by atoms with E-state index in [0.717, 1.165) is 0 Å². The highest BCUT2D eigenvalue weighted by molar-refractivity contribution is 4.97. The zero-order valence-electron chi connectivity index (χ0n) is 9.61. The fraction of sp³-hybridized carbons (Fsp3) is 1.00. The lowest BCUT2D eigenvalue weighted by Gasteiger charge is -2.24. The van der Waals surface area contributed by atoms with Crippen LogP contribution in [0.2, 0.25) is 0 Å². The summed E-state index contributed by atoms with van der Waals surface area (Å²) >= 11 is 0. The number of hydrogen-bond donors (Lipinski definition) is 0. The molecule has 2 aliphatic heterocycles. The van der Waals surface area contributed by atoms with Gasteiger partial charge in [0.05, 0.1) is 12.2 Å². The van der Waals surface area contributed by atoms with Crippen LogP contribution in [0.5, 0.6) is 0 Å². The van der Waals surface area contributed by atoms with Gasteiger partial charge in [-0.15, -0.1) is 0 Å². The predicted octanol–water partition coefficient (Wildman–Crippen LogP) is 1.95. The standard InChI is InChI=1S/C11H20O3/c1-6(2)8-10-9(7(3)12-8)13-11(4,5)14-10/h6-10H,1-5H3. The molecule has 0 aromatic carbocycles. The molecule has 2 fully saturated rings. The quantitative estimate of drug-likeness (QED) is 0.647. The molecule has 4 atom stereocenters. The number of rotatable bonds is 1. The fourth-order valence-electron chi connectivity index (χ4n) is 2.37. The maximum atomic E-state index is 5.87. The van der Waals surface area contributed by atoms with Crippen LogP contribution < -0.4 is 0 Å². The lowest BCUT2D eigenvalue weighted by atomic mass is 10.00. The molecular weight excluding hydrogens is 180 g/mol. The van der Waals surface area contributed by atoms with E-state index in [1.807, 2.05) is 13.8 Å². The van der Waals surface area contributed by atoms with E-state index in [9.17, 15) is 0 Å². The highest BCUT2D eigenvalue weighted by atomic mass is 16.8. The monoisotopic (exact) mass is 200 g/mol. The molecule has 4 unspecified atom stereocenters. The number of ether oxygens (including phenoxy) is 3. The first-order valence-electron chi connectivity index (χ1n) is 5.42. The molecule has 2 aliphatic rings. The van der Waals surface area contributed by atoms with E-state index in [2.05, 4.69) is 20.8 Å². The average molecular weight is 200 g/mol. The summed E-state index contributed by atoms with van der Waals surface area (Å²) in [5, 5.41) is 0. The van der Waals surface area contributed by atoms with Crippen molar-refractivity contribution in [3.8, 4) is 0 Å². The van der Waals surface area contributed by atoms with Crippen molar-refractivity contribution in [2.75, 3.05) is 0 Å². The first-order valence-corrected chi connectivity index (χ1v) is 5.42. The van der Waals surface area contributed by atoms with Crippen LogP contribution in [0, 0.1) is 5.92 Å². The van der Waals surface area contributed by atoms with Crippen LogP contribution in [0.25, 0.3) is 0 Å². The second kappa shape index (κ2) is 3.19. The predicted molar refractivity (Wildman–Crippen MR) is 53.0 cm³/mol. The molecule has 0 aromatic heterocycles. The van der Waals surface area contributed by atoms with Gasteiger partial charge in [0.2, 0.25) is 0 Å². The third kappa shape index (κ3) is 1.58. The van der Waals surface area contributed by atoms with Gasteiger partial charge in [0.1, 0.15) is 12.2 Å². The van der Waals surface area contributed by atoms with Crippen molar-refractivity contribution in [3.05, 3.63) is 0 Å². The Morgan fingerprint density at radius 1 is 1.07 bits per heavy atom. The van der Waals surface area contributed by atoms with Gasteiger partial charge in [-0.25, -0.2) is 0 Å². The second-order valence-corrected chi connectivity index (χ2v) is 5.11. The van der Waals surface area contributed by atoms with Crippen molar-refractivity contribution in [2.45, 2.75) is 64.8 Å². The van der Waals surface area contributed by atoms with Crippen molar-refractivity contribution < 1.29 is 14.2 Å². The zero-order valence-corrected chi connectivity index (χ0v) is 9.61. The van der Waals surface area contributed by atoms with Crippen LogP contribution in [0.15, 0.2) is 0 Å². The van der Waals surface area contributed by atoms with Gasteiger partial charge < -0.3 is 14.2 Å². The van der Waals surface area contributed by atoms with Gasteiger partial charge >= 0.3 is 0 Å². The average Bonchev–Trinajstić information content (AvgIpc) is 2.47. The molecular formula is C11H20O3. The molecule has 2 heterocycles. The van der Waals surface area contributed by atoms with Gasteiger partial charge in [0.25, 0.3) is 0 Å². The minimum atomic E-state index is -0.444. The molecule has 0 N–H and O–H groups in total. The second-order valence-electron chi connectivity index (χ2n) is 5.11. The van der Waals surface area contributed by atoms with Crippen molar-refractivity contribution in [1.82, 2.24) is 0 Å². The Kier molecular flexibility index (Phi) is 2.37. The van der Waals surface area contributed by atoms with Crippen LogP contribution in [-0.2, 0) is 14.2 Å². The molecule has 2 saturated heterocycles. The Bertz CT molecular complexity index is 223. The summed E-state index contributed by atoms with van der Waals surface area (Å²) in [6.07, 6.45) is 0.545. The molecule has 14 heavy (non-hydrogen) atoms. The Morgan fingerprint density at radius 3 is 2.21 bits per heavy atom. The normalized spacial score (nSPS) is 45.9. The molecule has 0 spiro atoms. The Balaban J connectivity index is 2.15. The first kappa shape index (κ1) is 10.4. The summed E-state index contributed by atoms with van der Waals surface area (Å²) in [5.74, 6) is 0.0329. The molecule has 0 amide bonds. The Morgan fingerprint density at radius 2 is 1.64 bits per heavy atom. The summed E-state index contributed by atoms with van der Waals surface area (Å²) in [6.45, 7) is 10.3. The van der Waals surface area contributed by atoms with Crippen molar-refractivity contribution in [1.29, 1.82) is 0 Å². The van der Waals surface area contributed by atoms with Crippen LogP contribution >= 0.6 is 0 Å². The van der Waals surface area contributed by atoms with Gasteiger partial charge in [0, 0.05) is 0 Å². The minimum absolute atomic E-state index is 0.109. The van der Waals surface area contributed by atoms with Crippen molar-refractivity contribution in [2.24, 2.45) is 5.92 Å². The van der Waals surface area contributed by atoms with Gasteiger partial charge in [-0.2, -0.15) is 0 Å². The lowest BCUT2D eigenvalue weighted by molar-refractivity contribution is -0.189. The molecule has 0 radical (unpaired) electrons. The Labute approximate surface area is 85.7 Å². The van der Waals surface area contributed by atoms with Gasteiger partial charge in [-0.3, -0.25) is 0 Å². The van der Waals surface area contributed by atoms with Crippen LogP contribution in [0.4, 0.5) is 0 Å². The zero-order chi connectivity index (χ0) is 10.5. The summed E-state index contributed by atoms with van der Waals surface area (Å²) in [7, 11) is 0. The maximum absolute atomic E-state index is 5.87. The molecule has 3 nitrogen and oxygen atoms in total. The molecule has 2 rings (SSSR count). The van der Waals surface area contributed by atoms with Crippen LogP contribution in [-0.4, -0.2) is 30.2 Å². The van der Waals surface area contributed by atoms with Crippen molar-refractivity contribution in [3.63, 3.8) is 0 Å². The molecule has 0 saturated carbocycles. The molecule has 3 heteroatoms. The summed E-state index contributed by atoms with van der Waals surface area (Å²) in [4.78, 5) is 0. The van der Waals surface area contributed by atoms with E-state index in [1.165, 1.54) is 0 Å². The van der Waals surface area contributed by atoms with E-state index in [4.69, 9.17) is 14.2 Å². The van der Waals surface area contributed by atoms with Gasteiger partial charge in [0.15, 0.2) is 5.79 Å². The largest absolute Gasteiger partial charge is 0.369 e. The Hall–Kier alpha value is -0.120. The SMILES string of the molecule is CC(C)C1OC(C)C2OC(C)(C)OC12. The van der Waals surface area contributed by atoms with Crippen LogP contribution in [0.1, 0.15) is 34.6 Å². The molecule has 0 aliphatic carbocycles. The van der Waals surface area contributed by atoms with Crippen LogP contribution in [0.3, 0.4) is 0 Å². The summed E-state index contributed by atoms with van der Waals surface area (Å²) in [6, 6.07) is 0. The van der Waals surface area contributed by atoms with Gasteiger partial charge in [-0.05, 0) is 26.7 Å². The van der Waals surface area contributed by atoms with E-state index in [-0.39, 0.29) is 24.4 Å². The summed E-state index contributed by atoms with van der Waals surface area (Å²) < 4.78 is 17.5. The third-order valence-electron chi connectivity index (χ3n) is 2.98. The first-order chi connectivity index (χ1) is 6.41. The van der Waals surface area contributed by atoms with E-state index in [1.54, 1.807) is 0 Å². The fourth-order valence-corrected chi connectivity index (χ4v) is 2.37. The number of fused-ring (bicyclic) bond motifs is 1.